The third kappa shape index (κ3) is 5.36. The third-order valence-electron chi connectivity index (χ3n) is 2.65. The van der Waals surface area contributed by atoms with Crippen LogP contribution in [0.2, 0.25) is 0 Å². The first-order valence-electron chi connectivity index (χ1n) is 6.04. The van der Waals surface area contributed by atoms with Gasteiger partial charge in [-0.15, -0.1) is 0 Å². The summed E-state index contributed by atoms with van der Waals surface area (Å²) in [7, 11) is -3.22. The van der Waals surface area contributed by atoms with E-state index in [2.05, 4.69) is 0 Å². The summed E-state index contributed by atoms with van der Waals surface area (Å²) in [5.41, 5.74) is 0.526. The van der Waals surface area contributed by atoms with Crippen LogP contribution in [0.25, 0.3) is 0 Å². The van der Waals surface area contributed by atoms with Gasteiger partial charge >= 0.3 is 0 Å². The maximum atomic E-state index is 11.8. The van der Waals surface area contributed by atoms with E-state index in [0.29, 0.717) is 18.4 Å². The SMILES string of the molecule is CS(=O)(=O)c1ccc(C(=O)CCC/C=C\CO)cc1. The number of unbranched alkanes of at least 4 members (excludes halogenated alkanes) is 1. The number of carbonyl (C=O) groups is 1. The average Bonchev–Trinajstić information content (AvgIpc) is 2.37. The standard InChI is InChI=1S/C14H18O4S/c1-19(17,18)13-9-7-12(8-10-13)14(16)6-4-2-3-5-11-15/h3,5,7-10,15H,2,4,6,11H2,1H3/b5-3-. The summed E-state index contributed by atoms with van der Waals surface area (Å²) in [6, 6.07) is 5.99. The van der Waals surface area contributed by atoms with E-state index in [4.69, 9.17) is 5.11 Å². The van der Waals surface area contributed by atoms with Crippen molar-refractivity contribution in [1.29, 1.82) is 0 Å². The van der Waals surface area contributed by atoms with Gasteiger partial charge in [-0.05, 0) is 25.0 Å². The topological polar surface area (TPSA) is 71.4 Å². The lowest BCUT2D eigenvalue weighted by molar-refractivity contribution is 0.0980. The second-order valence-corrected chi connectivity index (χ2v) is 6.28. The molecule has 0 aliphatic heterocycles. The van der Waals surface area contributed by atoms with Crippen molar-refractivity contribution in [2.45, 2.75) is 24.2 Å². The van der Waals surface area contributed by atoms with Gasteiger partial charge in [0, 0.05) is 18.2 Å². The predicted octanol–water partition coefficient (Wildman–Crippen LogP) is 1.99. The average molecular weight is 282 g/mol. The Bertz CT molecular complexity index is 541. The van der Waals surface area contributed by atoms with Crippen LogP contribution in [0.15, 0.2) is 41.3 Å². The molecule has 0 fully saturated rings. The normalized spacial score (nSPS) is 11.9. The summed E-state index contributed by atoms with van der Waals surface area (Å²) in [4.78, 5) is 12.0. The number of ketones is 1. The first kappa shape index (κ1) is 15.6. The molecule has 0 aromatic heterocycles. The smallest absolute Gasteiger partial charge is 0.175 e. The number of Topliss-reactive ketones (excluding diaryl/α,β-unsaturated/α-hetero) is 1. The number of aliphatic hydroxyl groups excluding tert-OH is 1. The van der Waals surface area contributed by atoms with E-state index in [-0.39, 0.29) is 17.3 Å². The van der Waals surface area contributed by atoms with E-state index in [1.165, 1.54) is 12.1 Å². The van der Waals surface area contributed by atoms with Gasteiger partial charge in [0.25, 0.3) is 0 Å². The zero-order chi connectivity index (χ0) is 14.3. The minimum Gasteiger partial charge on any atom is -0.392 e. The first-order chi connectivity index (χ1) is 8.95. The van der Waals surface area contributed by atoms with Gasteiger partial charge in [-0.25, -0.2) is 8.42 Å². The van der Waals surface area contributed by atoms with Crippen LogP contribution in [0.3, 0.4) is 0 Å². The number of benzene rings is 1. The number of rotatable bonds is 7. The van der Waals surface area contributed by atoms with Crippen LogP contribution in [0.5, 0.6) is 0 Å². The van der Waals surface area contributed by atoms with Gasteiger partial charge in [-0.1, -0.05) is 24.3 Å². The van der Waals surface area contributed by atoms with Crippen molar-refractivity contribution in [2.75, 3.05) is 12.9 Å². The van der Waals surface area contributed by atoms with Crippen LogP contribution in [0.1, 0.15) is 29.6 Å². The van der Waals surface area contributed by atoms with E-state index in [0.717, 1.165) is 12.7 Å². The zero-order valence-electron chi connectivity index (χ0n) is 10.9. The van der Waals surface area contributed by atoms with Crippen molar-refractivity contribution in [1.82, 2.24) is 0 Å². The Labute approximate surface area is 113 Å². The minimum absolute atomic E-state index is 0.00236. The van der Waals surface area contributed by atoms with E-state index in [1.54, 1.807) is 18.2 Å². The van der Waals surface area contributed by atoms with Gasteiger partial charge in [0.15, 0.2) is 15.6 Å². The van der Waals surface area contributed by atoms with Crippen LogP contribution in [-0.4, -0.2) is 32.2 Å². The summed E-state index contributed by atoms with van der Waals surface area (Å²) in [6.07, 6.45) is 6.48. The van der Waals surface area contributed by atoms with Gasteiger partial charge in [0.2, 0.25) is 0 Å². The largest absolute Gasteiger partial charge is 0.392 e. The van der Waals surface area contributed by atoms with Crippen LogP contribution in [-0.2, 0) is 9.84 Å². The molecular formula is C14H18O4S. The van der Waals surface area contributed by atoms with Gasteiger partial charge < -0.3 is 5.11 Å². The predicted molar refractivity (Wildman–Crippen MR) is 74.0 cm³/mol. The van der Waals surface area contributed by atoms with Crippen molar-refractivity contribution in [3.63, 3.8) is 0 Å². The van der Waals surface area contributed by atoms with Crippen molar-refractivity contribution in [3.05, 3.63) is 42.0 Å². The van der Waals surface area contributed by atoms with Crippen LogP contribution < -0.4 is 0 Å². The Morgan fingerprint density at radius 3 is 2.37 bits per heavy atom. The Kier molecular flexibility index (Phi) is 5.92. The molecule has 0 spiro atoms. The van der Waals surface area contributed by atoms with Crippen LogP contribution in [0.4, 0.5) is 0 Å². The van der Waals surface area contributed by atoms with Gasteiger partial charge in [0.05, 0.1) is 11.5 Å². The van der Waals surface area contributed by atoms with Crippen molar-refractivity contribution in [3.8, 4) is 0 Å². The molecule has 0 unspecified atom stereocenters. The lowest BCUT2D eigenvalue weighted by Crippen LogP contribution is -2.01. The summed E-state index contributed by atoms with van der Waals surface area (Å²) in [6.45, 7) is 0.0148. The highest BCUT2D eigenvalue weighted by Crippen LogP contribution is 2.13. The molecule has 1 N–H and O–H groups in total. The lowest BCUT2D eigenvalue weighted by Gasteiger charge is -2.02. The maximum Gasteiger partial charge on any atom is 0.175 e. The molecular weight excluding hydrogens is 264 g/mol. The molecule has 0 saturated heterocycles. The molecule has 0 atom stereocenters. The molecule has 19 heavy (non-hydrogen) atoms. The molecule has 1 aromatic carbocycles. The fourth-order valence-corrected chi connectivity index (χ4v) is 2.24. The van der Waals surface area contributed by atoms with Gasteiger partial charge in [-0.3, -0.25) is 4.79 Å². The highest BCUT2D eigenvalue weighted by molar-refractivity contribution is 7.90. The van der Waals surface area contributed by atoms with Crippen molar-refractivity contribution in [2.24, 2.45) is 0 Å². The molecule has 0 saturated carbocycles. The van der Waals surface area contributed by atoms with Crippen molar-refractivity contribution < 1.29 is 18.3 Å². The summed E-state index contributed by atoms with van der Waals surface area (Å²) < 4.78 is 22.5. The van der Waals surface area contributed by atoms with E-state index in [1.807, 2.05) is 6.08 Å². The number of hydrogen-bond acceptors (Lipinski definition) is 4. The highest BCUT2D eigenvalue weighted by Gasteiger charge is 2.09. The summed E-state index contributed by atoms with van der Waals surface area (Å²) in [5.74, 6) is -0.00236. The Morgan fingerprint density at radius 1 is 1.21 bits per heavy atom. The third-order valence-corrected chi connectivity index (χ3v) is 3.78. The van der Waals surface area contributed by atoms with Gasteiger partial charge in [-0.2, -0.15) is 0 Å². The molecule has 1 aromatic rings. The molecule has 104 valence electrons. The number of allylic oxidation sites excluding steroid dienone is 1. The highest BCUT2D eigenvalue weighted by atomic mass is 32.2. The van der Waals surface area contributed by atoms with E-state index in [9.17, 15) is 13.2 Å². The monoisotopic (exact) mass is 282 g/mol. The Hall–Kier alpha value is -1.46. The number of aliphatic hydroxyl groups is 1. The maximum absolute atomic E-state index is 11.8. The number of carbonyl (C=O) groups excluding carboxylic acids is 1. The zero-order valence-corrected chi connectivity index (χ0v) is 11.7. The summed E-state index contributed by atoms with van der Waals surface area (Å²) >= 11 is 0. The Balaban J connectivity index is 2.56. The molecule has 0 amide bonds. The molecule has 4 nitrogen and oxygen atoms in total. The van der Waals surface area contributed by atoms with Crippen molar-refractivity contribution >= 4 is 15.6 Å². The molecule has 0 heterocycles. The fraction of sp³-hybridized carbons (Fsp3) is 0.357. The fourth-order valence-electron chi connectivity index (χ4n) is 1.61. The van der Waals surface area contributed by atoms with E-state index >= 15 is 0 Å². The van der Waals surface area contributed by atoms with Crippen LogP contribution in [0, 0.1) is 0 Å². The summed E-state index contributed by atoms with van der Waals surface area (Å²) in [5, 5.41) is 8.54. The molecule has 0 aliphatic rings. The van der Waals surface area contributed by atoms with E-state index < -0.39 is 9.84 Å². The second-order valence-electron chi connectivity index (χ2n) is 4.27. The molecule has 5 heteroatoms. The molecule has 0 bridgehead atoms. The first-order valence-corrected chi connectivity index (χ1v) is 7.93. The number of hydrogen-bond donors (Lipinski definition) is 1. The van der Waals surface area contributed by atoms with Gasteiger partial charge in [0.1, 0.15) is 0 Å². The minimum atomic E-state index is -3.22. The quantitative estimate of drug-likeness (QED) is 0.471. The van der Waals surface area contributed by atoms with Crippen LogP contribution >= 0.6 is 0 Å². The second kappa shape index (κ2) is 7.21. The molecule has 1 rings (SSSR count). The molecule has 0 radical (unpaired) electrons. The Morgan fingerprint density at radius 2 is 1.84 bits per heavy atom. The number of sulfone groups is 1. The molecule has 0 aliphatic carbocycles. The lowest BCUT2D eigenvalue weighted by atomic mass is 10.1.